The van der Waals surface area contributed by atoms with E-state index in [1.165, 1.54) is 12.1 Å². The number of benzene rings is 2. The molecule has 4 N–H and O–H groups in total. The Hall–Kier alpha value is -3.56. The number of carbonyl (C=O) groups is 2. The van der Waals surface area contributed by atoms with Gasteiger partial charge < -0.3 is 25.2 Å². The molecule has 0 spiro atoms. The fourth-order valence-corrected chi connectivity index (χ4v) is 4.53. The number of rotatable bonds is 12. The van der Waals surface area contributed by atoms with E-state index in [9.17, 15) is 24.2 Å². The molecule has 37 heavy (non-hydrogen) atoms. The van der Waals surface area contributed by atoms with Crippen molar-refractivity contribution < 1.29 is 29.3 Å². The van der Waals surface area contributed by atoms with Crippen molar-refractivity contribution in [3.63, 3.8) is 0 Å². The fourth-order valence-electron chi connectivity index (χ4n) is 4.53. The van der Waals surface area contributed by atoms with Crippen LogP contribution in [0.15, 0.2) is 54.6 Å². The number of hydrogen-bond acceptors (Lipinski definition) is 5. The molecule has 2 aromatic carbocycles. The van der Waals surface area contributed by atoms with Crippen LogP contribution in [0.5, 0.6) is 0 Å². The molecule has 0 aliphatic heterocycles. The molecule has 0 bridgehead atoms. The van der Waals surface area contributed by atoms with Crippen molar-refractivity contribution in [2.75, 3.05) is 0 Å². The zero-order valence-corrected chi connectivity index (χ0v) is 20.7. The van der Waals surface area contributed by atoms with E-state index in [2.05, 4.69) is 5.32 Å². The monoisotopic (exact) mass is 509 g/mol. The molecule has 1 aromatic heterocycles. The summed E-state index contributed by atoms with van der Waals surface area (Å²) in [5.41, 5.74) is 2.68. The summed E-state index contributed by atoms with van der Waals surface area (Å²) < 4.78 is 15.5. The van der Waals surface area contributed by atoms with E-state index in [-0.39, 0.29) is 36.5 Å². The van der Waals surface area contributed by atoms with Crippen LogP contribution < -0.4 is 5.32 Å². The van der Waals surface area contributed by atoms with Gasteiger partial charge in [0, 0.05) is 18.0 Å². The Morgan fingerprint density at radius 3 is 2.38 bits per heavy atom. The lowest BCUT2D eigenvalue weighted by molar-refractivity contribution is -0.139. The minimum atomic E-state index is -1.16. The number of aliphatic hydroxyl groups is 2. The van der Waals surface area contributed by atoms with Crippen LogP contribution in [0.4, 0.5) is 4.39 Å². The summed E-state index contributed by atoms with van der Waals surface area (Å²) >= 11 is 0. The summed E-state index contributed by atoms with van der Waals surface area (Å²) in [6.07, 6.45) is -0.585. The molecular formula is C28H32FN3O5. The number of nitrogens with zero attached hydrogens (tertiary/aromatic N) is 2. The average molecular weight is 510 g/mol. The van der Waals surface area contributed by atoms with E-state index in [1.54, 1.807) is 12.1 Å². The van der Waals surface area contributed by atoms with Crippen LogP contribution in [0.3, 0.4) is 0 Å². The first kappa shape index (κ1) is 26.5. The van der Waals surface area contributed by atoms with Crippen LogP contribution in [-0.2, 0) is 11.3 Å². The van der Waals surface area contributed by atoms with Gasteiger partial charge in [0.2, 0.25) is 0 Å². The number of carbonyl (C=O) groups excluding carboxylic acids is 1. The molecule has 3 atom stereocenters. The number of carboxylic acids is 1. The first-order chi connectivity index (χ1) is 17.7. The summed E-state index contributed by atoms with van der Waals surface area (Å²) in [4.78, 5) is 29.0. The summed E-state index contributed by atoms with van der Waals surface area (Å²) in [5, 5.41) is 32.3. The highest BCUT2D eigenvalue weighted by molar-refractivity contribution is 5.95. The Labute approximate surface area is 214 Å². The molecule has 1 saturated carbocycles. The molecule has 0 unspecified atom stereocenters. The number of aliphatic carboxylic acids is 1. The molecule has 196 valence electrons. The molecule has 1 amide bonds. The predicted octanol–water partition coefficient (Wildman–Crippen LogP) is 4.03. The van der Waals surface area contributed by atoms with E-state index < -0.39 is 24.6 Å². The molecule has 1 aliphatic carbocycles. The Balaban J connectivity index is 1.63. The molecule has 1 aliphatic rings. The minimum Gasteiger partial charge on any atom is -0.481 e. The van der Waals surface area contributed by atoms with Gasteiger partial charge in [0.1, 0.15) is 17.3 Å². The van der Waals surface area contributed by atoms with Crippen LogP contribution in [0, 0.1) is 5.82 Å². The number of amides is 1. The van der Waals surface area contributed by atoms with Gasteiger partial charge in [0.05, 0.1) is 30.4 Å². The Morgan fingerprint density at radius 1 is 1.08 bits per heavy atom. The van der Waals surface area contributed by atoms with Crippen molar-refractivity contribution in [3.8, 4) is 11.4 Å². The molecule has 3 aromatic rings. The SMILES string of the molecule is C[C@H](NC(=O)c1nc(-c2ccc(F)cc2)n(CC[C@@H](O)C[C@@H](O)CC(=O)O)c1C1CC1)c1ccccc1. The number of imidazole rings is 1. The van der Waals surface area contributed by atoms with Crippen LogP contribution >= 0.6 is 0 Å². The third kappa shape index (κ3) is 6.81. The second-order valence-corrected chi connectivity index (χ2v) is 9.64. The molecule has 4 rings (SSSR count). The van der Waals surface area contributed by atoms with Crippen molar-refractivity contribution in [1.82, 2.24) is 14.9 Å². The Morgan fingerprint density at radius 2 is 1.76 bits per heavy atom. The second kappa shape index (κ2) is 11.7. The first-order valence-electron chi connectivity index (χ1n) is 12.5. The van der Waals surface area contributed by atoms with Crippen molar-refractivity contribution in [1.29, 1.82) is 0 Å². The number of carboxylic acid groups (broad SMARTS) is 1. The molecule has 0 saturated heterocycles. The highest BCUT2D eigenvalue weighted by Gasteiger charge is 2.35. The van der Waals surface area contributed by atoms with Gasteiger partial charge in [-0.15, -0.1) is 0 Å². The number of aliphatic hydroxyl groups excluding tert-OH is 2. The van der Waals surface area contributed by atoms with E-state index in [4.69, 9.17) is 10.1 Å². The van der Waals surface area contributed by atoms with Gasteiger partial charge in [0.15, 0.2) is 0 Å². The van der Waals surface area contributed by atoms with Crippen molar-refractivity contribution >= 4 is 11.9 Å². The van der Waals surface area contributed by atoms with E-state index >= 15 is 0 Å². The van der Waals surface area contributed by atoms with Crippen molar-refractivity contribution in [3.05, 3.63) is 77.4 Å². The molecule has 1 heterocycles. The van der Waals surface area contributed by atoms with Gasteiger partial charge >= 0.3 is 5.97 Å². The summed E-state index contributed by atoms with van der Waals surface area (Å²) in [6, 6.07) is 15.2. The van der Waals surface area contributed by atoms with Gasteiger partial charge in [-0.05, 0) is 62.4 Å². The van der Waals surface area contributed by atoms with Crippen LogP contribution in [0.2, 0.25) is 0 Å². The maximum Gasteiger partial charge on any atom is 0.305 e. The summed E-state index contributed by atoms with van der Waals surface area (Å²) in [7, 11) is 0. The molecule has 0 radical (unpaired) electrons. The number of aromatic nitrogens is 2. The van der Waals surface area contributed by atoms with E-state index in [0.29, 0.717) is 23.6 Å². The highest BCUT2D eigenvalue weighted by atomic mass is 19.1. The minimum absolute atomic E-state index is 0.0758. The predicted molar refractivity (Wildman–Crippen MR) is 135 cm³/mol. The standard InChI is InChI=1S/C28H32FN3O5/c1-17(18-5-3-2-4-6-18)30-28(37)25-26(19-7-8-19)32(14-13-22(33)15-23(34)16-24(35)36)27(31-25)20-9-11-21(29)12-10-20/h2-6,9-12,17,19,22-23,33-34H,7-8,13-16H2,1H3,(H,30,37)(H,35,36)/t17-,22+,23+/m0/s1. The topological polar surface area (TPSA) is 125 Å². The first-order valence-corrected chi connectivity index (χ1v) is 12.5. The quantitative estimate of drug-likeness (QED) is 0.292. The zero-order valence-electron chi connectivity index (χ0n) is 20.7. The molecule has 9 heteroatoms. The van der Waals surface area contributed by atoms with Gasteiger partial charge in [-0.2, -0.15) is 0 Å². The van der Waals surface area contributed by atoms with Crippen LogP contribution in [0.1, 0.15) is 72.7 Å². The van der Waals surface area contributed by atoms with Crippen LogP contribution in [0.25, 0.3) is 11.4 Å². The van der Waals surface area contributed by atoms with E-state index in [0.717, 1.165) is 24.1 Å². The molecule has 1 fully saturated rings. The number of halogens is 1. The Kier molecular flexibility index (Phi) is 8.35. The second-order valence-electron chi connectivity index (χ2n) is 9.64. The maximum absolute atomic E-state index is 13.6. The van der Waals surface area contributed by atoms with Crippen molar-refractivity contribution in [2.24, 2.45) is 0 Å². The summed E-state index contributed by atoms with van der Waals surface area (Å²) in [6.45, 7) is 2.20. The normalized spacial score (nSPS) is 15.7. The van der Waals surface area contributed by atoms with E-state index in [1.807, 2.05) is 41.8 Å². The fraction of sp³-hybridized carbons (Fsp3) is 0.393. The number of nitrogens with one attached hydrogen (secondary N) is 1. The Bertz CT molecular complexity index is 1220. The van der Waals surface area contributed by atoms with Gasteiger partial charge in [-0.25, -0.2) is 9.37 Å². The van der Waals surface area contributed by atoms with Gasteiger partial charge in [-0.3, -0.25) is 9.59 Å². The van der Waals surface area contributed by atoms with Crippen LogP contribution in [-0.4, -0.2) is 49.0 Å². The van der Waals surface area contributed by atoms with Gasteiger partial charge in [0.25, 0.3) is 5.91 Å². The third-order valence-electron chi connectivity index (χ3n) is 6.58. The largest absolute Gasteiger partial charge is 0.481 e. The lowest BCUT2D eigenvalue weighted by Crippen LogP contribution is -2.28. The lowest BCUT2D eigenvalue weighted by Gasteiger charge is -2.18. The summed E-state index contributed by atoms with van der Waals surface area (Å²) in [5.74, 6) is -1.19. The van der Waals surface area contributed by atoms with Gasteiger partial charge in [-0.1, -0.05) is 30.3 Å². The zero-order chi connectivity index (χ0) is 26.5. The van der Waals surface area contributed by atoms with Crippen molar-refractivity contribution in [2.45, 2.75) is 69.7 Å². The average Bonchev–Trinajstić information content (AvgIpc) is 3.63. The lowest BCUT2D eigenvalue weighted by atomic mass is 10.1. The molecule has 8 nitrogen and oxygen atoms in total. The third-order valence-corrected chi connectivity index (χ3v) is 6.58. The highest BCUT2D eigenvalue weighted by Crippen LogP contribution is 2.43. The number of hydrogen-bond donors (Lipinski definition) is 4. The molecular weight excluding hydrogens is 477 g/mol. The smallest absolute Gasteiger partial charge is 0.305 e. The maximum atomic E-state index is 13.6.